The molecule has 3 nitrogen and oxygen atoms in total. The van der Waals surface area contributed by atoms with E-state index in [9.17, 15) is 0 Å². The summed E-state index contributed by atoms with van der Waals surface area (Å²) in [4.78, 5) is 2.50. The molecule has 0 saturated heterocycles. The van der Waals surface area contributed by atoms with Crippen molar-refractivity contribution in [2.24, 2.45) is 0 Å². The van der Waals surface area contributed by atoms with E-state index in [1.807, 2.05) is 6.07 Å². The van der Waals surface area contributed by atoms with Crippen LogP contribution < -0.4 is 9.47 Å². The van der Waals surface area contributed by atoms with Gasteiger partial charge in [-0.25, -0.2) is 0 Å². The van der Waals surface area contributed by atoms with Crippen molar-refractivity contribution in [3.05, 3.63) is 23.3 Å². The lowest BCUT2D eigenvalue weighted by Gasteiger charge is -2.23. The zero-order valence-electron chi connectivity index (χ0n) is 12.5. The Bertz CT molecular complexity index is 427. The molecule has 1 aromatic carbocycles. The van der Waals surface area contributed by atoms with Gasteiger partial charge < -0.3 is 14.4 Å². The third kappa shape index (κ3) is 2.71. The van der Waals surface area contributed by atoms with Crippen LogP contribution in [0.1, 0.15) is 37.3 Å². The summed E-state index contributed by atoms with van der Waals surface area (Å²) in [6.45, 7) is 7.85. The third-order valence-corrected chi connectivity index (χ3v) is 4.24. The number of nitrogens with zero attached hydrogens (tertiary/aromatic N) is 1. The van der Waals surface area contributed by atoms with E-state index in [0.29, 0.717) is 5.92 Å². The van der Waals surface area contributed by atoms with Gasteiger partial charge in [0.15, 0.2) is 11.5 Å². The fraction of sp³-hybridized carbons (Fsp3) is 0.625. The lowest BCUT2D eigenvalue weighted by Crippen LogP contribution is -2.27. The molecular weight excluding hydrogens is 238 g/mol. The monoisotopic (exact) mass is 263 g/mol. The van der Waals surface area contributed by atoms with Crippen molar-refractivity contribution in [1.82, 2.24) is 4.90 Å². The summed E-state index contributed by atoms with van der Waals surface area (Å²) in [5.74, 6) is 2.42. The maximum atomic E-state index is 5.55. The largest absolute Gasteiger partial charge is 0.493 e. The van der Waals surface area contributed by atoms with E-state index in [4.69, 9.17) is 9.47 Å². The minimum atomic E-state index is 0.634. The highest BCUT2D eigenvalue weighted by atomic mass is 16.5. The molecule has 0 aromatic heterocycles. The summed E-state index contributed by atoms with van der Waals surface area (Å²) >= 11 is 0. The molecule has 2 rings (SSSR count). The molecule has 3 heteroatoms. The van der Waals surface area contributed by atoms with E-state index >= 15 is 0 Å². The Hall–Kier alpha value is -1.22. The minimum Gasteiger partial charge on any atom is -0.493 e. The van der Waals surface area contributed by atoms with E-state index in [1.54, 1.807) is 14.2 Å². The summed E-state index contributed by atoms with van der Waals surface area (Å²) in [6.07, 6.45) is 2.32. The van der Waals surface area contributed by atoms with Gasteiger partial charge in [0.1, 0.15) is 0 Å². The van der Waals surface area contributed by atoms with Crippen LogP contribution in [0.4, 0.5) is 0 Å². The molecule has 1 unspecified atom stereocenters. The maximum absolute atomic E-state index is 5.55. The SMILES string of the molecule is CCN(CC)CC1CCc2c1ccc(OC)c2OC. The van der Waals surface area contributed by atoms with Gasteiger partial charge in [0.2, 0.25) is 0 Å². The second-order valence-corrected chi connectivity index (χ2v) is 5.09. The van der Waals surface area contributed by atoms with E-state index in [0.717, 1.165) is 37.6 Å². The second-order valence-electron chi connectivity index (χ2n) is 5.09. The molecule has 1 aliphatic rings. The minimum absolute atomic E-state index is 0.634. The second kappa shape index (κ2) is 6.29. The predicted molar refractivity (Wildman–Crippen MR) is 78.4 cm³/mol. The van der Waals surface area contributed by atoms with Gasteiger partial charge in [-0.2, -0.15) is 0 Å². The summed E-state index contributed by atoms with van der Waals surface area (Å²) in [5.41, 5.74) is 2.79. The van der Waals surface area contributed by atoms with Gasteiger partial charge in [-0.05, 0) is 43.5 Å². The molecular formula is C16H25NO2. The Morgan fingerprint density at radius 3 is 2.47 bits per heavy atom. The predicted octanol–water partition coefficient (Wildman–Crippen LogP) is 3.08. The van der Waals surface area contributed by atoms with Crippen molar-refractivity contribution in [1.29, 1.82) is 0 Å². The van der Waals surface area contributed by atoms with Crippen molar-refractivity contribution < 1.29 is 9.47 Å². The first-order valence-corrected chi connectivity index (χ1v) is 7.21. The number of hydrogen-bond acceptors (Lipinski definition) is 3. The highest BCUT2D eigenvalue weighted by Crippen LogP contribution is 2.43. The molecule has 0 fully saturated rings. The normalized spacial score (nSPS) is 17.6. The van der Waals surface area contributed by atoms with Crippen LogP contribution in [0.25, 0.3) is 0 Å². The van der Waals surface area contributed by atoms with Gasteiger partial charge in [0.25, 0.3) is 0 Å². The molecule has 0 radical (unpaired) electrons. The molecule has 1 aliphatic carbocycles. The number of methoxy groups -OCH3 is 2. The highest BCUT2D eigenvalue weighted by Gasteiger charge is 2.28. The van der Waals surface area contributed by atoms with Crippen LogP contribution in [-0.4, -0.2) is 38.8 Å². The standard InChI is InChI=1S/C16H25NO2/c1-5-17(6-2)11-12-7-8-14-13(12)9-10-15(18-3)16(14)19-4/h9-10,12H,5-8,11H2,1-4H3. The van der Waals surface area contributed by atoms with E-state index in [-0.39, 0.29) is 0 Å². The molecule has 0 saturated carbocycles. The summed E-state index contributed by atoms with van der Waals surface area (Å²) in [6, 6.07) is 4.26. The van der Waals surface area contributed by atoms with Crippen molar-refractivity contribution in [3.63, 3.8) is 0 Å². The number of hydrogen-bond donors (Lipinski definition) is 0. The Balaban J connectivity index is 2.25. The van der Waals surface area contributed by atoms with Crippen LogP contribution >= 0.6 is 0 Å². The Labute approximate surface area is 116 Å². The van der Waals surface area contributed by atoms with Gasteiger partial charge in [0, 0.05) is 12.1 Å². The molecule has 1 atom stereocenters. The van der Waals surface area contributed by atoms with Gasteiger partial charge >= 0.3 is 0 Å². The fourth-order valence-corrected chi connectivity index (χ4v) is 3.10. The van der Waals surface area contributed by atoms with Gasteiger partial charge in [-0.15, -0.1) is 0 Å². The van der Waals surface area contributed by atoms with Gasteiger partial charge in [-0.1, -0.05) is 19.9 Å². The maximum Gasteiger partial charge on any atom is 0.164 e. The molecule has 19 heavy (non-hydrogen) atoms. The van der Waals surface area contributed by atoms with Crippen LogP contribution in [0, 0.1) is 0 Å². The third-order valence-electron chi connectivity index (χ3n) is 4.24. The zero-order valence-corrected chi connectivity index (χ0v) is 12.5. The van der Waals surface area contributed by atoms with Gasteiger partial charge in [-0.3, -0.25) is 0 Å². The van der Waals surface area contributed by atoms with E-state index in [1.165, 1.54) is 17.5 Å². The Morgan fingerprint density at radius 1 is 1.16 bits per heavy atom. The first kappa shape index (κ1) is 14.2. The highest BCUT2D eigenvalue weighted by molar-refractivity contribution is 5.54. The number of benzene rings is 1. The molecule has 0 amide bonds. The average molecular weight is 263 g/mol. The lowest BCUT2D eigenvalue weighted by atomic mass is 10.00. The summed E-state index contributed by atoms with van der Waals surface area (Å²) in [5, 5.41) is 0. The van der Waals surface area contributed by atoms with E-state index in [2.05, 4.69) is 24.8 Å². The fourth-order valence-electron chi connectivity index (χ4n) is 3.10. The molecule has 0 bridgehead atoms. The van der Waals surface area contributed by atoms with Crippen molar-refractivity contribution in [2.45, 2.75) is 32.6 Å². The first-order chi connectivity index (χ1) is 9.24. The van der Waals surface area contributed by atoms with Crippen molar-refractivity contribution >= 4 is 0 Å². The van der Waals surface area contributed by atoms with Crippen molar-refractivity contribution in [2.75, 3.05) is 33.9 Å². The van der Waals surface area contributed by atoms with Gasteiger partial charge in [0.05, 0.1) is 14.2 Å². The smallest absolute Gasteiger partial charge is 0.164 e. The molecule has 0 heterocycles. The molecule has 0 spiro atoms. The average Bonchev–Trinajstić information content (AvgIpc) is 2.86. The van der Waals surface area contributed by atoms with Crippen LogP contribution in [-0.2, 0) is 6.42 Å². The molecule has 1 aromatic rings. The first-order valence-electron chi connectivity index (χ1n) is 7.21. The van der Waals surface area contributed by atoms with E-state index < -0.39 is 0 Å². The molecule has 106 valence electrons. The lowest BCUT2D eigenvalue weighted by molar-refractivity contribution is 0.282. The van der Waals surface area contributed by atoms with Crippen LogP contribution in [0.5, 0.6) is 11.5 Å². The number of likely N-dealkylation sites (N-methyl/N-ethyl adjacent to an activating group) is 1. The van der Waals surface area contributed by atoms with Crippen LogP contribution in [0.15, 0.2) is 12.1 Å². The number of ether oxygens (including phenoxy) is 2. The summed E-state index contributed by atoms with van der Waals surface area (Å²) in [7, 11) is 3.43. The number of fused-ring (bicyclic) bond motifs is 1. The zero-order chi connectivity index (χ0) is 13.8. The van der Waals surface area contributed by atoms with Crippen molar-refractivity contribution in [3.8, 4) is 11.5 Å². The quantitative estimate of drug-likeness (QED) is 0.787. The van der Waals surface area contributed by atoms with Crippen LogP contribution in [0.2, 0.25) is 0 Å². The summed E-state index contributed by atoms with van der Waals surface area (Å²) < 4.78 is 10.9. The number of rotatable bonds is 6. The topological polar surface area (TPSA) is 21.7 Å². The Kier molecular flexibility index (Phi) is 4.70. The Morgan fingerprint density at radius 2 is 1.89 bits per heavy atom. The molecule has 0 N–H and O–H groups in total. The van der Waals surface area contributed by atoms with Crippen LogP contribution in [0.3, 0.4) is 0 Å². The molecule has 0 aliphatic heterocycles.